The highest BCUT2D eigenvalue weighted by Crippen LogP contribution is 2.44. The maximum Gasteiger partial charge on any atom is 0.407 e. The highest BCUT2D eigenvalue weighted by molar-refractivity contribution is 5.83. The molecule has 1 aliphatic rings. The van der Waals surface area contributed by atoms with E-state index in [2.05, 4.69) is 34.9 Å². The van der Waals surface area contributed by atoms with Crippen LogP contribution in [0.2, 0.25) is 0 Å². The second kappa shape index (κ2) is 12.7. The van der Waals surface area contributed by atoms with Crippen molar-refractivity contribution in [2.75, 3.05) is 19.8 Å². The number of hydrogen-bond acceptors (Lipinski definition) is 5. The number of benzene rings is 2. The van der Waals surface area contributed by atoms with Crippen molar-refractivity contribution in [3.05, 3.63) is 59.7 Å². The van der Waals surface area contributed by atoms with Crippen molar-refractivity contribution in [1.82, 2.24) is 10.6 Å². The second-order valence-electron chi connectivity index (χ2n) is 8.39. The molecule has 2 aromatic rings. The highest BCUT2D eigenvalue weighted by Gasteiger charge is 2.28. The van der Waals surface area contributed by atoms with Gasteiger partial charge >= 0.3 is 12.1 Å². The van der Waals surface area contributed by atoms with E-state index in [1.165, 1.54) is 22.3 Å². The van der Waals surface area contributed by atoms with E-state index in [9.17, 15) is 14.4 Å². The number of carboxylic acid groups (broad SMARTS) is 1. The molecule has 0 heterocycles. The van der Waals surface area contributed by atoms with Crippen LogP contribution < -0.4 is 10.6 Å². The minimum Gasteiger partial charge on any atom is -0.480 e. The Balaban J connectivity index is 1.30. The van der Waals surface area contributed by atoms with E-state index >= 15 is 0 Å². The Morgan fingerprint density at radius 1 is 0.912 bits per heavy atom. The van der Waals surface area contributed by atoms with Crippen LogP contribution in [0.25, 0.3) is 11.1 Å². The van der Waals surface area contributed by atoms with Gasteiger partial charge in [-0.1, -0.05) is 61.4 Å². The number of hydrogen-bond donors (Lipinski definition) is 4. The normalized spacial score (nSPS) is 13.0. The molecule has 0 aliphatic heterocycles. The summed E-state index contributed by atoms with van der Waals surface area (Å²) in [6.45, 7) is 0.469. The third kappa shape index (κ3) is 6.81. The number of aliphatic hydroxyl groups is 1. The monoisotopic (exact) mass is 468 g/mol. The molecule has 4 N–H and O–H groups in total. The minimum absolute atomic E-state index is 0.0113. The zero-order valence-electron chi connectivity index (χ0n) is 19.2. The quantitative estimate of drug-likeness (QED) is 0.334. The number of unbranched alkanes of at least 4 members (excludes halogenated alkanes) is 3. The fraction of sp³-hybridized carbons (Fsp3) is 0.423. The summed E-state index contributed by atoms with van der Waals surface area (Å²) in [5, 5.41) is 23.0. The first-order valence-electron chi connectivity index (χ1n) is 11.7. The first-order chi connectivity index (χ1) is 16.5. The Kier molecular flexibility index (Phi) is 9.46. The molecule has 34 heavy (non-hydrogen) atoms. The number of carbonyl (C=O) groups excluding carboxylic acids is 2. The van der Waals surface area contributed by atoms with Gasteiger partial charge in [0.15, 0.2) is 0 Å². The molecule has 0 aromatic heterocycles. The van der Waals surface area contributed by atoms with Gasteiger partial charge < -0.3 is 25.6 Å². The van der Waals surface area contributed by atoms with Crippen molar-refractivity contribution in [1.29, 1.82) is 0 Å². The molecule has 0 saturated heterocycles. The Morgan fingerprint density at radius 2 is 1.53 bits per heavy atom. The van der Waals surface area contributed by atoms with Gasteiger partial charge in [-0.25, -0.2) is 9.59 Å². The SMILES string of the molecule is O=C(CCCCCCNC(=O)OCC1c2ccccc2-c2ccccc21)NC(CCO)C(=O)O. The summed E-state index contributed by atoms with van der Waals surface area (Å²) in [4.78, 5) is 35.0. The van der Waals surface area contributed by atoms with Crippen molar-refractivity contribution >= 4 is 18.0 Å². The van der Waals surface area contributed by atoms with Crippen LogP contribution in [0, 0.1) is 0 Å². The Labute approximate surface area is 199 Å². The van der Waals surface area contributed by atoms with E-state index in [1.807, 2.05) is 24.3 Å². The van der Waals surface area contributed by atoms with E-state index in [0.717, 1.165) is 19.3 Å². The molecule has 8 heteroatoms. The van der Waals surface area contributed by atoms with Gasteiger partial charge in [0, 0.05) is 31.9 Å². The molecule has 2 aromatic carbocycles. The number of nitrogens with one attached hydrogen (secondary N) is 2. The third-order valence-corrected chi connectivity index (χ3v) is 5.99. The van der Waals surface area contributed by atoms with Crippen molar-refractivity contribution < 1.29 is 29.3 Å². The van der Waals surface area contributed by atoms with Gasteiger partial charge in [-0.2, -0.15) is 0 Å². The Hall–Kier alpha value is -3.39. The third-order valence-electron chi connectivity index (χ3n) is 5.99. The lowest BCUT2D eigenvalue weighted by atomic mass is 9.98. The predicted octanol–water partition coefficient (Wildman–Crippen LogP) is 3.43. The average Bonchev–Trinajstić information content (AvgIpc) is 3.15. The van der Waals surface area contributed by atoms with Crippen LogP contribution in [-0.4, -0.2) is 54.0 Å². The van der Waals surface area contributed by atoms with Gasteiger partial charge in [-0.15, -0.1) is 0 Å². The number of carbonyl (C=O) groups is 3. The van der Waals surface area contributed by atoms with E-state index < -0.39 is 18.1 Å². The molecular formula is C26H32N2O6. The van der Waals surface area contributed by atoms with Gasteiger partial charge in [-0.05, 0) is 35.1 Å². The molecule has 0 radical (unpaired) electrons. The second-order valence-corrected chi connectivity index (χ2v) is 8.39. The van der Waals surface area contributed by atoms with Crippen LogP contribution in [0.1, 0.15) is 55.6 Å². The van der Waals surface area contributed by atoms with E-state index in [1.54, 1.807) is 0 Å². The molecule has 0 spiro atoms. The summed E-state index contributed by atoms with van der Waals surface area (Å²) in [6.07, 6.45) is 2.78. The summed E-state index contributed by atoms with van der Waals surface area (Å²) in [5.41, 5.74) is 4.72. The lowest BCUT2D eigenvalue weighted by Gasteiger charge is -2.14. The average molecular weight is 469 g/mol. The molecular weight excluding hydrogens is 436 g/mol. The zero-order valence-corrected chi connectivity index (χ0v) is 19.2. The van der Waals surface area contributed by atoms with Crippen LogP contribution in [0.15, 0.2) is 48.5 Å². The first-order valence-corrected chi connectivity index (χ1v) is 11.7. The smallest absolute Gasteiger partial charge is 0.407 e. The Bertz CT molecular complexity index is 947. The molecule has 8 nitrogen and oxygen atoms in total. The molecule has 0 saturated carbocycles. The highest BCUT2D eigenvalue weighted by atomic mass is 16.5. The molecule has 1 atom stereocenters. The molecule has 1 aliphatic carbocycles. The van der Waals surface area contributed by atoms with Crippen molar-refractivity contribution in [3.63, 3.8) is 0 Å². The van der Waals surface area contributed by atoms with Crippen LogP contribution in [0.5, 0.6) is 0 Å². The predicted molar refractivity (Wildman–Crippen MR) is 127 cm³/mol. The maximum atomic E-state index is 12.2. The number of fused-ring (bicyclic) bond motifs is 3. The zero-order chi connectivity index (χ0) is 24.3. The van der Waals surface area contributed by atoms with Gasteiger partial charge in [0.05, 0.1) is 0 Å². The molecule has 0 fully saturated rings. The van der Waals surface area contributed by atoms with Crippen LogP contribution >= 0.6 is 0 Å². The number of carboxylic acids is 1. The van der Waals surface area contributed by atoms with E-state index in [4.69, 9.17) is 14.9 Å². The number of aliphatic hydroxyl groups excluding tert-OH is 1. The van der Waals surface area contributed by atoms with Crippen molar-refractivity contribution in [2.45, 2.75) is 50.5 Å². The summed E-state index contributed by atoms with van der Waals surface area (Å²) in [5.74, 6) is -1.46. The summed E-state index contributed by atoms with van der Waals surface area (Å²) in [7, 11) is 0. The summed E-state index contributed by atoms with van der Waals surface area (Å²) >= 11 is 0. The fourth-order valence-corrected chi connectivity index (χ4v) is 4.26. The van der Waals surface area contributed by atoms with Gasteiger partial charge in [-0.3, -0.25) is 4.79 Å². The largest absolute Gasteiger partial charge is 0.480 e. The topological polar surface area (TPSA) is 125 Å². The number of rotatable bonds is 13. The maximum absolute atomic E-state index is 12.2. The summed E-state index contributed by atoms with van der Waals surface area (Å²) in [6, 6.07) is 15.3. The van der Waals surface area contributed by atoms with E-state index in [-0.39, 0.29) is 37.9 Å². The van der Waals surface area contributed by atoms with Crippen molar-refractivity contribution in [3.8, 4) is 11.1 Å². The van der Waals surface area contributed by atoms with Crippen molar-refractivity contribution in [2.24, 2.45) is 0 Å². The van der Waals surface area contributed by atoms with Crippen LogP contribution in [0.3, 0.4) is 0 Å². The lowest BCUT2D eigenvalue weighted by Crippen LogP contribution is -2.41. The molecule has 0 bridgehead atoms. The fourth-order valence-electron chi connectivity index (χ4n) is 4.26. The van der Waals surface area contributed by atoms with E-state index in [0.29, 0.717) is 13.0 Å². The molecule has 1 unspecified atom stereocenters. The number of aliphatic carboxylic acids is 1. The van der Waals surface area contributed by atoms with Gasteiger partial charge in [0.1, 0.15) is 12.6 Å². The number of amides is 2. The summed E-state index contributed by atoms with van der Waals surface area (Å²) < 4.78 is 5.51. The molecule has 2 amide bonds. The number of alkyl carbamates (subject to hydrolysis) is 1. The molecule has 3 rings (SSSR count). The number of ether oxygens (including phenoxy) is 1. The molecule has 182 valence electrons. The minimum atomic E-state index is -1.15. The standard InChI is InChI=1S/C26H32N2O6/c29-16-14-23(25(31)32)28-24(30)13-3-1-2-8-15-27-26(33)34-17-22-20-11-6-4-9-18(20)19-10-5-7-12-21(19)22/h4-7,9-12,22-23,29H,1-3,8,13-17H2,(H,27,33)(H,28,30)(H,31,32). The van der Waals surface area contributed by atoms with Crippen LogP contribution in [-0.2, 0) is 14.3 Å². The Morgan fingerprint density at radius 3 is 2.15 bits per heavy atom. The first kappa shape index (κ1) is 25.2. The van der Waals surface area contributed by atoms with Gasteiger partial charge in [0.2, 0.25) is 5.91 Å². The van der Waals surface area contributed by atoms with Crippen LogP contribution in [0.4, 0.5) is 4.79 Å². The lowest BCUT2D eigenvalue weighted by molar-refractivity contribution is -0.142. The van der Waals surface area contributed by atoms with Gasteiger partial charge in [0.25, 0.3) is 0 Å².